The molecule has 1 atom stereocenters. The Balaban J connectivity index is 1.42. The molecule has 6 nitrogen and oxygen atoms in total. The van der Waals surface area contributed by atoms with Gasteiger partial charge in [-0.05, 0) is 44.1 Å². The van der Waals surface area contributed by atoms with Gasteiger partial charge in [0.25, 0.3) is 0 Å². The molecule has 1 aromatic rings. The van der Waals surface area contributed by atoms with Crippen LogP contribution in [0.2, 0.25) is 0 Å². The van der Waals surface area contributed by atoms with Crippen LogP contribution < -0.4 is 5.32 Å². The van der Waals surface area contributed by atoms with Crippen LogP contribution in [0.1, 0.15) is 31.4 Å². The summed E-state index contributed by atoms with van der Waals surface area (Å²) in [6, 6.07) is 3.95. The van der Waals surface area contributed by atoms with E-state index < -0.39 is 0 Å². The molecule has 2 aliphatic heterocycles. The number of nitrogens with zero attached hydrogens (tertiary/aromatic N) is 2. The predicted molar refractivity (Wildman–Crippen MR) is 111 cm³/mol. The second kappa shape index (κ2) is 11.6. The summed E-state index contributed by atoms with van der Waals surface area (Å²) < 4.78 is 17.2. The number of thioether (sulfide) groups is 1. The Morgan fingerprint density at radius 3 is 2.96 bits per heavy atom. The smallest absolute Gasteiger partial charge is 0.193 e. The number of likely N-dealkylation sites (tertiary alicyclic amines) is 1. The predicted octanol–water partition coefficient (Wildman–Crippen LogP) is 2.79. The van der Waals surface area contributed by atoms with Crippen molar-refractivity contribution in [2.75, 3.05) is 51.4 Å². The van der Waals surface area contributed by atoms with Gasteiger partial charge in [0.1, 0.15) is 5.76 Å². The molecule has 0 amide bonds. The molecule has 2 saturated heterocycles. The molecule has 0 radical (unpaired) electrons. The number of hydrogen-bond acceptors (Lipinski definition) is 5. The van der Waals surface area contributed by atoms with Gasteiger partial charge in [-0.1, -0.05) is 0 Å². The molecule has 3 heterocycles. The Labute approximate surface area is 167 Å². The largest absolute Gasteiger partial charge is 0.469 e. The van der Waals surface area contributed by atoms with Crippen LogP contribution in [0.25, 0.3) is 0 Å². The number of hydrogen-bond donors (Lipinski definition) is 1. The maximum Gasteiger partial charge on any atom is 0.193 e. The third-order valence-corrected chi connectivity index (χ3v) is 5.67. The van der Waals surface area contributed by atoms with Crippen molar-refractivity contribution in [2.24, 2.45) is 4.99 Å². The van der Waals surface area contributed by atoms with Crippen molar-refractivity contribution in [3.63, 3.8) is 0 Å². The third-order valence-electron chi connectivity index (χ3n) is 5.07. The number of piperidine rings is 1. The Bertz CT molecular complexity index is 539. The standard InChI is InChI=1S/C20H33N3O3S/c1-27-15-10-22-20(21-9-6-17-4-2-13-24-17)23-11-7-18(8-12-23)26-16-19-5-3-14-25-19/h2,4,13,18-19H,3,5-12,14-16H2,1H3,(H,21,22). The zero-order chi connectivity index (χ0) is 18.7. The van der Waals surface area contributed by atoms with Crippen LogP contribution in [0.3, 0.4) is 0 Å². The number of rotatable bonds is 9. The van der Waals surface area contributed by atoms with Crippen LogP contribution in [0, 0.1) is 0 Å². The van der Waals surface area contributed by atoms with Gasteiger partial charge in [-0.15, -0.1) is 0 Å². The number of aliphatic imine (C=N–C) groups is 1. The number of nitrogens with one attached hydrogen (secondary N) is 1. The molecule has 2 aliphatic rings. The van der Waals surface area contributed by atoms with Crippen LogP contribution in [-0.4, -0.2) is 74.5 Å². The minimum Gasteiger partial charge on any atom is -0.469 e. The van der Waals surface area contributed by atoms with E-state index in [0.717, 1.165) is 82.5 Å². The van der Waals surface area contributed by atoms with E-state index in [1.54, 1.807) is 6.26 Å². The quantitative estimate of drug-likeness (QED) is 0.394. The van der Waals surface area contributed by atoms with Gasteiger partial charge in [-0.25, -0.2) is 0 Å². The lowest BCUT2D eigenvalue weighted by atomic mass is 10.1. The molecule has 3 rings (SSSR count). The lowest BCUT2D eigenvalue weighted by Gasteiger charge is -2.34. The summed E-state index contributed by atoms with van der Waals surface area (Å²) in [7, 11) is 0. The summed E-state index contributed by atoms with van der Waals surface area (Å²) in [4.78, 5) is 7.18. The van der Waals surface area contributed by atoms with Crippen molar-refractivity contribution < 1.29 is 13.9 Å². The zero-order valence-corrected chi connectivity index (χ0v) is 17.2. The molecule has 0 spiro atoms. The first-order chi connectivity index (χ1) is 13.3. The first-order valence-electron chi connectivity index (χ1n) is 10.1. The summed E-state index contributed by atoms with van der Waals surface area (Å²) in [5.74, 6) is 3.07. The molecule has 0 aliphatic carbocycles. The van der Waals surface area contributed by atoms with E-state index in [4.69, 9.17) is 18.9 Å². The van der Waals surface area contributed by atoms with Gasteiger partial charge in [-0.3, -0.25) is 4.99 Å². The van der Waals surface area contributed by atoms with Crippen molar-refractivity contribution in [3.8, 4) is 0 Å². The van der Waals surface area contributed by atoms with Crippen molar-refractivity contribution in [1.29, 1.82) is 0 Å². The maximum atomic E-state index is 6.10. The molecule has 7 heteroatoms. The molecule has 1 unspecified atom stereocenters. The van der Waals surface area contributed by atoms with Crippen LogP contribution >= 0.6 is 11.8 Å². The van der Waals surface area contributed by atoms with E-state index in [0.29, 0.717) is 12.2 Å². The van der Waals surface area contributed by atoms with Crippen LogP contribution in [0.4, 0.5) is 0 Å². The van der Waals surface area contributed by atoms with Crippen LogP contribution in [0.15, 0.2) is 27.8 Å². The average molecular weight is 396 g/mol. The van der Waals surface area contributed by atoms with E-state index in [9.17, 15) is 0 Å². The highest BCUT2D eigenvalue weighted by Crippen LogP contribution is 2.18. The first-order valence-corrected chi connectivity index (χ1v) is 11.5. The fraction of sp³-hybridized carbons (Fsp3) is 0.750. The van der Waals surface area contributed by atoms with Crippen LogP contribution in [0.5, 0.6) is 0 Å². The van der Waals surface area contributed by atoms with Crippen molar-refractivity contribution in [2.45, 2.75) is 44.3 Å². The van der Waals surface area contributed by atoms with E-state index in [-0.39, 0.29) is 0 Å². The Kier molecular flexibility index (Phi) is 8.84. The fourth-order valence-corrected chi connectivity index (χ4v) is 3.79. The van der Waals surface area contributed by atoms with Crippen molar-refractivity contribution >= 4 is 17.7 Å². The van der Waals surface area contributed by atoms with Gasteiger partial charge in [0.15, 0.2) is 5.96 Å². The normalized spacial score (nSPS) is 21.7. The van der Waals surface area contributed by atoms with Gasteiger partial charge in [0.2, 0.25) is 0 Å². The van der Waals surface area contributed by atoms with E-state index in [1.807, 2.05) is 23.9 Å². The number of ether oxygens (including phenoxy) is 2. The highest BCUT2D eigenvalue weighted by molar-refractivity contribution is 7.98. The minimum atomic E-state index is 0.315. The summed E-state index contributed by atoms with van der Waals surface area (Å²) in [5, 5.41) is 3.52. The SMILES string of the molecule is CSCCN=C(NCCc1ccco1)N1CCC(OCC2CCCO2)CC1. The molecule has 0 bridgehead atoms. The molecule has 1 aromatic heterocycles. The number of guanidine groups is 1. The van der Waals surface area contributed by atoms with E-state index in [1.165, 1.54) is 6.42 Å². The summed E-state index contributed by atoms with van der Waals surface area (Å²) in [5.41, 5.74) is 0. The molecule has 27 heavy (non-hydrogen) atoms. The molecular weight excluding hydrogens is 362 g/mol. The summed E-state index contributed by atoms with van der Waals surface area (Å²) in [6.07, 6.45) is 9.80. The summed E-state index contributed by atoms with van der Waals surface area (Å²) in [6.45, 7) is 5.30. The Morgan fingerprint density at radius 1 is 1.37 bits per heavy atom. The lowest BCUT2D eigenvalue weighted by Crippen LogP contribution is -2.47. The molecule has 0 aromatic carbocycles. The molecular formula is C20H33N3O3S. The fourth-order valence-electron chi connectivity index (χ4n) is 3.52. The van der Waals surface area contributed by atoms with Gasteiger partial charge in [-0.2, -0.15) is 11.8 Å². The highest BCUT2D eigenvalue weighted by atomic mass is 32.2. The zero-order valence-electron chi connectivity index (χ0n) is 16.4. The minimum absolute atomic E-state index is 0.315. The number of furan rings is 1. The summed E-state index contributed by atoms with van der Waals surface area (Å²) >= 11 is 1.83. The second-order valence-electron chi connectivity index (χ2n) is 7.11. The second-order valence-corrected chi connectivity index (χ2v) is 8.09. The highest BCUT2D eigenvalue weighted by Gasteiger charge is 2.24. The molecule has 0 saturated carbocycles. The lowest BCUT2D eigenvalue weighted by molar-refractivity contribution is -0.0367. The van der Waals surface area contributed by atoms with Gasteiger partial charge in [0.05, 0.1) is 31.6 Å². The molecule has 152 valence electrons. The monoisotopic (exact) mass is 395 g/mol. The third kappa shape index (κ3) is 7.05. The topological polar surface area (TPSA) is 59.2 Å². The van der Waals surface area contributed by atoms with Crippen molar-refractivity contribution in [1.82, 2.24) is 10.2 Å². The van der Waals surface area contributed by atoms with E-state index in [2.05, 4.69) is 16.5 Å². The van der Waals surface area contributed by atoms with Crippen molar-refractivity contribution in [3.05, 3.63) is 24.2 Å². The molecule has 2 fully saturated rings. The first kappa shape index (κ1) is 20.6. The Morgan fingerprint density at radius 2 is 2.26 bits per heavy atom. The van der Waals surface area contributed by atoms with Gasteiger partial charge >= 0.3 is 0 Å². The Hall–Kier alpha value is -1.18. The van der Waals surface area contributed by atoms with E-state index >= 15 is 0 Å². The maximum absolute atomic E-state index is 6.10. The van der Waals surface area contributed by atoms with Gasteiger partial charge < -0.3 is 24.1 Å². The van der Waals surface area contributed by atoms with Crippen LogP contribution in [-0.2, 0) is 15.9 Å². The molecule has 1 N–H and O–H groups in total. The average Bonchev–Trinajstić information content (AvgIpc) is 3.40. The van der Waals surface area contributed by atoms with Gasteiger partial charge in [0, 0.05) is 38.4 Å².